The number of benzene rings is 3. The molecule has 5 rings (SSSR count). The van der Waals surface area contributed by atoms with Crippen molar-refractivity contribution >= 4 is 0 Å². The van der Waals surface area contributed by atoms with Gasteiger partial charge in [-0.3, -0.25) is 14.3 Å². The van der Waals surface area contributed by atoms with E-state index in [1.165, 1.54) is 6.20 Å². The molecule has 1 aromatic heterocycles. The summed E-state index contributed by atoms with van der Waals surface area (Å²) in [5.74, 6) is 0. The van der Waals surface area contributed by atoms with Crippen LogP contribution in [0.15, 0.2) is 101 Å². The summed E-state index contributed by atoms with van der Waals surface area (Å²) < 4.78 is 13.8. The fourth-order valence-electron chi connectivity index (χ4n) is 4.93. The van der Waals surface area contributed by atoms with Gasteiger partial charge in [0.05, 0.1) is 6.61 Å². The van der Waals surface area contributed by atoms with Crippen molar-refractivity contribution in [1.82, 2.24) is 9.55 Å². The fraction of sp³-hybridized carbons (Fsp3) is 0.267. The van der Waals surface area contributed by atoms with Crippen molar-refractivity contribution in [3.8, 4) is 0 Å². The fourth-order valence-corrected chi connectivity index (χ4v) is 4.93. The van der Waals surface area contributed by atoms with E-state index in [9.17, 15) is 19.8 Å². The monoisotopic (exact) mass is 514 g/mol. The third-order valence-electron chi connectivity index (χ3n) is 7.02. The number of H-pyrrole nitrogens is 1. The zero-order valence-corrected chi connectivity index (χ0v) is 21.2. The van der Waals surface area contributed by atoms with E-state index in [2.05, 4.69) is 4.98 Å². The third-order valence-corrected chi connectivity index (χ3v) is 7.02. The average Bonchev–Trinajstić information content (AvgIpc) is 3.20. The maximum atomic E-state index is 12.3. The number of nitrogens with one attached hydrogen (secondary N) is 1. The molecule has 1 fully saturated rings. The predicted molar refractivity (Wildman–Crippen MR) is 142 cm³/mol. The second-order valence-electron chi connectivity index (χ2n) is 9.65. The van der Waals surface area contributed by atoms with Crippen molar-refractivity contribution < 1.29 is 19.7 Å². The molecule has 4 aromatic rings. The Kier molecular flexibility index (Phi) is 7.14. The maximum absolute atomic E-state index is 12.3. The molecule has 3 aromatic carbocycles. The molecule has 3 N–H and O–H groups in total. The zero-order chi connectivity index (χ0) is 26.9. The summed E-state index contributed by atoms with van der Waals surface area (Å²) in [6.07, 6.45) is -3.64. The Bertz CT molecular complexity index is 1450. The topological polar surface area (TPSA) is 114 Å². The highest BCUT2D eigenvalue weighted by atomic mass is 16.6. The standard InChI is InChI=1S/C30H30N2O6/c1-19-8-12-22(13-9-19)30(21-6-4-3-5-7-21,23-14-10-20(2)11-15-23)37-18-24-26(34)27(35)28(38-24)32-17-16-25(33)31-29(32)36/h3-17,24,26-28,34-35H,18H2,1-2H3,(H,31,33,36)/t24-,26-,27-,28-/m1/s1. The zero-order valence-electron chi connectivity index (χ0n) is 21.2. The van der Waals surface area contributed by atoms with E-state index >= 15 is 0 Å². The van der Waals surface area contributed by atoms with Crippen LogP contribution in [-0.4, -0.2) is 44.7 Å². The molecule has 8 heteroatoms. The number of aliphatic hydroxyl groups excluding tert-OH is 2. The van der Waals surface area contributed by atoms with E-state index in [0.29, 0.717) is 0 Å². The number of aryl methyl sites for hydroxylation is 2. The molecular formula is C30H30N2O6. The summed E-state index contributed by atoms with van der Waals surface area (Å²) in [6.45, 7) is 3.94. The Hall–Kier alpha value is -3.82. The van der Waals surface area contributed by atoms with Crippen molar-refractivity contribution in [3.05, 3.63) is 140 Å². The van der Waals surface area contributed by atoms with Gasteiger partial charge in [0.25, 0.3) is 5.56 Å². The molecule has 1 saturated heterocycles. The number of aromatic nitrogens is 2. The van der Waals surface area contributed by atoms with Gasteiger partial charge in [0.15, 0.2) is 6.23 Å². The van der Waals surface area contributed by atoms with Gasteiger partial charge in [-0.05, 0) is 30.5 Å². The number of aromatic amines is 1. The van der Waals surface area contributed by atoms with E-state index in [4.69, 9.17) is 9.47 Å². The van der Waals surface area contributed by atoms with Crippen LogP contribution in [0.5, 0.6) is 0 Å². The SMILES string of the molecule is Cc1ccc(C(OC[C@H]2O[C@@H](n3ccc(=O)[nH]c3=O)[C@H](O)[C@@H]2O)(c2ccccc2)c2ccc(C)cc2)cc1. The molecule has 4 atom stereocenters. The first-order valence-corrected chi connectivity index (χ1v) is 12.5. The molecule has 0 amide bonds. The highest BCUT2D eigenvalue weighted by molar-refractivity contribution is 5.48. The maximum Gasteiger partial charge on any atom is 0.330 e. The summed E-state index contributed by atoms with van der Waals surface area (Å²) in [4.78, 5) is 25.9. The first kappa shape index (κ1) is 25.8. The summed E-state index contributed by atoms with van der Waals surface area (Å²) in [7, 11) is 0. The van der Waals surface area contributed by atoms with Gasteiger partial charge in [-0.2, -0.15) is 0 Å². The lowest BCUT2D eigenvalue weighted by molar-refractivity contribution is -0.0958. The molecule has 0 saturated carbocycles. The average molecular weight is 515 g/mol. The van der Waals surface area contributed by atoms with Crippen LogP contribution in [-0.2, 0) is 15.1 Å². The van der Waals surface area contributed by atoms with Gasteiger partial charge < -0.3 is 19.7 Å². The van der Waals surface area contributed by atoms with Gasteiger partial charge in [-0.15, -0.1) is 0 Å². The Morgan fingerprint density at radius 1 is 0.816 bits per heavy atom. The van der Waals surface area contributed by atoms with Crippen LogP contribution >= 0.6 is 0 Å². The highest BCUT2D eigenvalue weighted by Gasteiger charge is 2.46. The number of rotatable bonds is 7. The minimum absolute atomic E-state index is 0.0938. The summed E-state index contributed by atoms with van der Waals surface area (Å²) in [5.41, 5.74) is 2.51. The Morgan fingerprint density at radius 3 is 1.92 bits per heavy atom. The molecular weight excluding hydrogens is 484 g/mol. The lowest BCUT2D eigenvalue weighted by Gasteiger charge is -2.37. The Morgan fingerprint density at radius 2 is 1.37 bits per heavy atom. The summed E-state index contributed by atoms with van der Waals surface area (Å²) in [5, 5.41) is 21.6. The van der Waals surface area contributed by atoms with Crippen molar-refractivity contribution in [2.75, 3.05) is 6.61 Å². The second-order valence-corrected chi connectivity index (χ2v) is 9.65. The van der Waals surface area contributed by atoms with Gasteiger partial charge in [0.1, 0.15) is 23.9 Å². The van der Waals surface area contributed by atoms with Gasteiger partial charge in [-0.25, -0.2) is 4.79 Å². The second kappa shape index (κ2) is 10.5. The van der Waals surface area contributed by atoms with E-state index in [0.717, 1.165) is 38.5 Å². The van der Waals surface area contributed by atoms with Crippen LogP contribution < -0.4 is 11.2 Å². The van der Waals surface area contributed by atoms with Crippen LogP contribution in [0, 0.1) is 13.8 Å². The quantitative estimate of drug-likeness (QED) is 0.327. The number of aliphatic hydroxyl groups is 2. The van der Waals surface area contributed by atoms with E-state index in [1.54, 1.807) is 0 Å². The molecule has 0 bridgehead atoms. The number of hydrogen-bond acceptors (Lipinski definition) is 6. The van der Waals surface area contributed by atoms with Crippen molar-refractivity contribution in [2.24, 2.45) is 0 Å². The number of hydrogen-bond donors (Lipinski definition) is 3. The number of nitrogens with zero attached hydrogens (tertiary/aromatic N) is 1. The van der Waals surface area contributed by atoms with Crippen LogP contribution in [0.4, 0.5) is 0 Å². The van der Waals surface area contributed by atoms with Crippen LogP contribution in [0.1, 0.15) is 34.0 Å². The van der Waals surface area contributed by atoms with Crippen molar-refractivity contribution in [2.45, 2.75) is 44.0 Å². The predicted octanol–water partition coefficient (Wildman–Crippen LogP) is 2.78. The smallest absolute Gasteiger partial charge is 0.330 e. The lowest BCUT2D eigenvalue weighted by atomic mass is 9.79. The summed E-state index contributed by atoms with van der Waals surface area (Å²) >= 11 is 0. The first-order chi connectivity index (χ1) is 18.3. The first-order valence-electron chi connectivity index (χ1n) is 12.5. The molecule has 2 heterocycles. The number of ether oxygens (including phenoxy) is 2. The normalized spacial score (nSPS) is 21.5. The van der Waals surface area contributed by atoms with Crippen LogP contribution in [0.25, 0.3) is 0 Å². The molecule has 1 aliphatic heterocycles. The summed E-state index contributed by atoms with van der Waals surface area (Å²) in [6, 6.07) is 27.1. The largest absolute Gasteiger partial charge is 0.387 e. The Labute approximate surface area is 219 Å². The molecule has 0 aliphatic carbocycles. The van der Waals surface area contributed by atoms with E-state index in [-0.39, 0.29) is 6.61 Å². The highest BCUT2D eigenvalue weighted by Crippen LogP contribution is 2.42. The molecule has 1 aliphatic rings. The third kappa shape index (κ3) is 4.75. The van der Waals surface area contributed by atoms with Crippen molar-refractivity contribution in [1.29, 1.82) is 0 Å². The van der Waals surface area contributed by atoms with E-state index < -0.39 is 41.4 Å². The van der Waals surface area contributed by atoms with Gasteiger partial charge in [-0.1, -0.05) is 90.0 Å². The van der Waals surface area contributed by atoms with Crippen LogP contribution in [0.2, 0.25) is 0 Å². The van der Waals surface area contributed by atoms with Crippen LogP contribution in [0.3, 0.4) is 0 Å². The van der Waals surface area contributed by atoms with Gasteiger partial charge in [0, 0.05) is 12.3 Å². The lowest BCUT2D eigenvalue weighted by Crippen LogP contribution is -2.40. The van der Waals surface area contributed by atoms with Crippen molar-refractivity contribution in [3.63, 3.8) is 0 Å². The molecule has 0 radical (unpaired) electrons. The van der Waals surface area contributed by atoms with E-state index in [1.807, 2.05) is 92.7 Å². The molecule has 8 nitrogen and oxygen atoms in total. The van der Waals surface area contributed by atoms with Gasteiger partial charge >= 0.3 is 5.69 Å². The minimum Gasteiger partial charge on any atom is -0.387 e. The minimum atomic E-state index is -1.41. The molecule has 0 unspecified atom stereocenters. The van der Waals surface area contributed by atoms with Gasteiger partial charge in [0.2, 0.25) is 0 Å². The Balaban J connectivity index is 1.55. The molecule has 38 heavy (non-hydrogen) atoms. The molecule has 196 valence electrons. The molecule has 0 spiro atoms.